The molecule has 0 aliphatic heterocycles. The molecule has 1 heterocycles. The summed E-state index contributed by atoms with van der Waals surface area (Å²) >= 11 is 0. The van der Waals surface area contributed by atoms with Crippen LogP contribution in [0.2, 0.25) is 0 Å². The number of furan rings is 1. The van der Waals surface area contributed by atoms with Gasteiger partial charge in [-0.3, -0.25) is 4.79 Å². The quantitative estimate of drug-likeness (QED) is 0.778. The van der Waals surface area contributed by atoms with E-state index in [1.165, 1.54) is 0 Å². The molecule has 0 aliphatic rings. The second-order valence-corrected chi connectivity index (χ2v) is 6.91. The van der Waals surface area contributed by atoms with Gasteiger partial charge >= 0.3 is 6.03 Å². The smallest absolute Gasteiger partial charge is 0.319 e. The van der Waals surface area contributed by atoms with Crippen molar-refractivity contribution >= 4 is 17.6 Å². The van der Waals surface area contributed by atoms with E-state index in [-0.39, 0.29) is 17.9 Å². The lowest BCUT2D eigenvalue weighted by atomic mass is 9.86. The number of benzene rings is 1. The van der Waals surface area contributed by atoms with Gasteiger partial charge in [0, 0.05) is 5.69 Å². The van der Waals surface area contributed by atoms with Crippen LogP contribution in [0.25, 0.3) is 0 Å². The van der Waals surface area contributed by atoms with Crippen LogP contribution in [0, 0.1) is 0 Å². The number of urea groups is 1. The predicted octanol–water partition coefficient (Wildman–Crippen LogP) is 3.40. The fourth-order valence-corrected chi connectivity index (χ4v) is 2.41. The lowest BCUT2D eigenvalue weighted by Gasteiger charge is -2.23. The number of hydrogen-bond acceptors (Lipinski definition) is 3. The van der Waals surface area contributed by atoms with Crippen molar-refractivity contribution in [1.29, 1.82) is 0 Å². The molecule has 3 amide bonds. The standard InChI is InChI=1S/C19H25N3O3/c1-13(17(23)20-12-14-8-7-11-25-14)21-18(24)22-16-10-6-5-9-15(16)19(2,3)4/h5-11,13H,12H2,1-4H3,(H,20,23)(H2,21,22,24)/t13-/m0/s1. The zero-order valence-corrected chi connectivity index (χ0v) is 15.1. The molecule has 1 atom stereocenters. The van der Waals surface area contributed by atoms with Crippen LogP contribution < -0.4 is 16.0 Å². The molecule has 0 spiro atoms. The summed E-state index contributed by atoms with van der Waals surface area (Å²) in [6.45, 7) is 8.15. The van der Waals surface area contributed by atoms with Gasteiger partial charge in [-0.15, -0.1) is 0 Å². The largest absolute Gasteiger partial charge is 0.467 e. The Bertz CT molecular complexity index is 718. The van der Waals surface area contributed by atoms with Crippen LogP contribution >= 0.6 is 0 Å². The minimum Gasteiger partial charge on any atom is -0.467 e. The molecular formula is C19H25N3O3. The van der Waals surface area contributed by atoms with Crippen LogP contribution in [0.4, 0.5) is 10.5 Å². The summed E-state index contributed by atoms with van der Waals surface area (Å²) in [7, 11) is 0. The number of nitrogens with one attached hydrogen (secondary N) is 3. The van der Waals surface area contributed by atoms with Gasteiger partial charge in [-0.05, 0) is 36.1 Å². The number of carbonyl (C=O) groups is 2. The first-order valence-electron chi connectivity index (χ1n) is 8.24. The molecule has 0 fully saturated rings. The third kappa shape index (κ3) is 5.38. The van der Waals surface area contributed by atoms with Crippen molar-refractivity contribution in [3.8, 4) is 0 Å². The molecule has 0 unspecified atom stereocenters. The van der Waals surface area contributed by atoms with Crippen molar-refractivity contribution in [3.63, 3.8) is 0 Å². The lowest BCUT2D eigenvalue weighted by Crippen LogP contribution is -2.46. The number of hydrogen-bond donors (Lipinski definition) is 3. The number of para-hydroxylation sites is 1. The van der Waals surface area contributed by atoms with E-state index in [4.69, 9.17) is 4.42 Å². The highest BCUT2D eigenvalue weighted by molar-refractivity contribution is 5.94. The van der Waals surface area contributed by atoms with Crippen LogP contribution in [0.5, 0.6) is 0 Å². The topological polar surface area (TPSA) is 83.4 Å². The molecule has 0 bridgehead atoms. The summed E-state index contributed by atoms with van der Waals surface area (Å²) in [4.78, 5) is 24.3. The first-order chi connectivity index (χ1) is 11.8. The Labute approximate surface area is 148 Å². The summed E-state index contributed by atoms with van der Waals surface area (Å²) in [5.74, 6) is 0.375. The molecule has 2 aromatic rings. The van der Waals surface area contributed by atoms with Gasteiger partial charge in [0.1, 0.15) is 11.8 Å². The second-order valence-electron chi connectivity index (χ2n) is 6.91. The van der Waals surface area contributed by atoms with E-state index in [0.717, 1.165) is 11.3 Å². The molecule has 1 aromatic carbocycles. The average Bonchev–Trinajstić information content (AvgIpc) is 3.05. The van der Waals surface area contributed by atoms with Gasteiger partial charge in [0.05, 0.1) is 12.8 Å². The van der Waals surface area contributed by atoms with E-state index in [1.54, 1.807) is 25.3 Å². The second kappa shape index (κ2) is 7.88. The van der Waals surface area contributed by atoms with Crippen LogP contribution in [-0.2, 0) is 16.8 Å². The first-order valence-corrected chi connectivity index (χ1v) is 8.24. The molecule has 1 aromatic heterocycles. The summed E-state index contributed by atoms with van der Waals surface area (Å²) in [6.07, 6.45) is 1.54. The Kier molecular flexibility index (Phi) is 5.85. The highest BCUT2D eigenvalue weighted by Crippen LogP contribution is 2.29. The summed E-state index contributed by atoms with van der Waals surface area (Å²) in [5, 5.41) is 8.18. The highest BCUT2D eigenvalue weighted by Gasteiger charge is 2.20. The highest BCUT2D eigenvalue weighted by atomic mass is 16.3. The normalized spacial score (nSPS) is 12.3. The molecule has 0 saturated carbocycles. The lowest BCUT2D eigenvalue weighted by molar-refractivity contribution is -0.122. The molecule has 6 heteroatoms. The molecule has 134 valence electrons. The third-order valence-corrected chi connectivity index (χ3v) is 3.74. The van der Waals surface area contributed by atoms with Crippen LogP contribution in [0.15, 0.2) is 47.1 Å². The van der Waals surface area contributed by atoms with E-state index < -0.39 is 12.1 Å². The number of rotatable bonds is 5. The van der Waals surface area contributed by atoms with Crippen molar-refractivity contribution in [2.75, 3.05) is 5.32 Å². The van der Waals surface area contributed by atoms with Gasteiger partial charge < -0.3 is 20.4 Å². The monoisotopic (exact) mass is 343 g/mol. The SMILES string of the molecule is C[C@H](NC(=O)Nc1ccccc1C(C)(C)C)C(=O)NCc1ccco1. The maximum absolute atomic E-state index is 12.2. The molecule has 0 aliphatic carbocycles. The molecule has 0 saturated heterocycles. The number of anilines is 1. The van der Waals surface area contributed by atoms with Crippen molar-refractivity contribution in [1.82, 2.24) is 10.6 Å². The fraction of sp³-hybridized carbons (Fsp3) is 0.368. The van der Waals surface area contributed by atoms with E-state index >= 15 is 0 Å². The Hall–Kier alpha value is -2.76. The van der Waals surface area contributed by atoms with Gasteiger partial charge in [-0.1, -0.05) is 39.0 Å². The molecule has 6 nitrogen and oxygen atoms in total. The van der Waals surface area contributed by atoms with E-state index in [0.29, 0.717) is 5.76 Å². The maximum atomic E-state index is 12.2. The van der Waals surface area contributed by atoms with Gasteiger partial charge in [0.25, 0.3) is 0 Å². The fourth-order valence-electron chi connectivity index (χ4n) is 2.41. The summed E-state index contributed by atoms with van der Waals surface area (Å²) in [6, 6.07) is 10.1. The van der Waals surface area contributed by atoms with Crippen molar-refractivity contribution in [2.45, 2.75) is 45.7 Å². The van der Waals surface area contributed by atoms with E-state index in [1.807, 2.05) is 24.3 Å². The van der Waals surface area contributed by atoms with Crippen LogP contribution in [0.1, 0.15) is 39.0 Å². The Morgan fingerprint density at radius 2 is 1.84 bits per heavy atom. The molecule has 3 N–H and O–H groups in total. The van der Waals surface area contributed by atoms with Gasteiger partial charge in [0.2, 0.25) is 5.91 Å². The van der Waals surface area contributed by atoms with Crippen molar-refractivity contribution < 1.29 is 14.0 Å². The molecule has 0 radical (unpaired) electrons. The average molecular weight is 343 g/mol. The van der Waals surface area contributed by atoms with Crippen LogP contribution in [0.3, 0.4) is 0 Å². The van der Waals surface area contributed by atoms with Crippen molar-refractivity contribution in [3.05, 3.63) is 54.0 Å². The van der Waals surface area contributed by atoms with Gasteiger partial charge in [-0.25, -0.2) is 4.79 Å². The number of carbonyl (C=O) groups excluding carboxylic acids is 2. The summed E-state index contributed by atoms with van der Waals surface area (Å²) in [5.41, 5.74) is 1.66. The van der Waals surface area contributed by atoms with Crippen molar-refractivity contribution in [2.24, 2.45) is 0 Å². The Morgan fingerprint density at radius 1 is 1.12 bits per heavy atom. The molecule has 25 heavy (non-hydrogen) atoms. The summed E-state index contributed by atoms with van der Waals surface area (Å²) < 4.78 is 5.15. The minimum absolute atomic E-state index is 0.101. The zero-order chi connectivity index (χ0) is 18.4. The van der Waals surface area contributed by atoms with Gasteiger partial charge in [-0.2, -0.15) is 0 Å². The van der Waals surface area contributed by atoms with Crippen LogP contribution in [-0.4, -0.2) is 18.0 Å². The third-order valence-electron chi connectivity index (χ3n) is 3.74. The number of amides is 3. The maximum Gasteiger partial charge on any atom is 0.319 e. The first kappa shape index (κ1) is 18.6. The minimum atomic E-state index is -0.670. The van der Waals surface area contributed by atoms with E-state index in [2.05, 4.69) is 36.7 Å². The van der Waals surface area contributed by atoms with E-state index in [9.17, 15) is 9.59 Å². The Morgan fingerprint density at radius 3 is 2.48 bits per heavy atom. The van der Waals surface area contributed by atoms with Gasteiger partial charge in [0.15, 0.2) is 0 Å². The zero-order valence-electron chi connectivity index (χ0n) is 15.1. The molecule has 2 rings (SSSR count). The molecular weight excluding hydrogens is 318 g/mol. The Balaban J connectivity index is 1.90. The predicted molar refractivity (Wildman–Crippen MR) is 97.3 cm³/mol.